The fraction of sp³-hybridized carbons (Fsp3) is 0.188. The Morgan fingerprint density at radius 1 is 1.25 bits per heavy atom. The predicted molar refractivity (Wildman–Crippen MR) is 85.4 cm³/mol. The highest BCUT2D eigenvalue weighted by Gasteiger charge is 2.06. The SMILES string of the molecule is C/C(=C\C(=O)O)c1ccc(-c2cccc(N(C)C)c2)s1. The van der Waals surface area contributed by atoms with E-state index >= 15 is 0 Å². The number of anilines is 1. The second kappa shape index (κ2) is 5.92. The van der Waals surface area contributed by atoms with Crippen molar-refractivity contribution in [2.45, 2.75) is 6.92 Å². The molecule has 2 rings (SSSR count). The summed E-state index contributed by atoms with van der Waals surface area (Å²) in [5.41, 5.74) is 3.07. The van der Waals surface area contributed by atoms with E-state index in [1.165, 1.54) is 6.08 Å². The van der Waals surface area contributed by atoms with Crippen molar-refractivity contribution in [3.05, 3.63) is 47.4 Å². The molecule has 20 heavy (non-hydrogen) atoms. The number of allylic oxidation sites excluding steroid dienone is 1. The molecule has 0 bridgehead atoms. The summed E-state index contributed by atoms with van der Waals surface area (Å²) < 4.78 is 0. The van der Waals surface area contributed by atoms with Gasteiger partial charge in [-0.05, 0) is 42.3 Å². The van der Waals surface area contributed by atoms with E-state index in [0.717, 1.165) is 26.6 Å². The van der Waals surface area contributed by atoms with Crippen LogP contribution in [0.25, 0.3) is 16.0 Å². The smallest absolute Gasteiger partial charge is 0.328 e. The van der Waals surface area contributed by atoms with Crippen molar-refractivity contribution in [1.82, 2.24) is 0 Å². The van der Waals surface area contributed by atoms with Gasteiger partial charge in [-0.3, -0.25) is 0 Å². The minimum atomic E-state index is -0.910. The normalized spacial score (nSPS) is 11.4. The minimum Gasteiger partial charge on any atom is -0.478 e. The van der Waals surface area contributed by atoms with Crippen LogP contribution < -0.4 is 4.90 Å². The topological polar surface area (TPSA) is 40.5 Å². The summed E-state index contributed by atoms with van der Waals surface area (Å²) in [5, 5.41) is 8.79. The third kappa shape index (κ3) is 3.27. The number of aliphatic carboxylic acids is 1. The Morgan fingerprint density at radius 2 is 2.00 bits per heavy atom. The van der Waals surface area contributed by atoms with Gasteiger partial charge in [0, 0.05) is 35.6 Å². The monoisotopic (exact) mass is 287 g/mol. The molecule has 0 unspecified atom stereocenters. The number of thiophene rings is 1. The molecular weight excluding hydrogens is 270 g/mol. The maximum atomic E-state index is 10.7. The molecule has 0 aliphatic rings. The van der Waals surface area contributed by atoms with Gasteiger partial charge < -0.3 is 10.0 Å². The second-order valence-electron chi connectivity index (χ2n) is 4.77. The number of hydrogen-bond acceptors (Lipinski definition) is 3. The number of hydrogen-bond donors (Lipinski definition) is 1. The molecule has 3 nitrogen and oxygen atoms in total. The van der Waals surface area contributed by atoms with Crippen molar-refractivity contribution < 1.29 is 9.90 Å². The average Bonchev–Trinajstić information content (AvgIpc) is 2.87. The number of benzene rings is 1. The number of carboxylic acids is 1. The van der Waals surface area contributed by atoms with Crippen LogP contribution in [0.2, 0.25) is 0 Å². The Kier molecular flexibility index (Phi) is 4.25. The lowest BCUT2D eigenvalue weighted by Gasteiger charge is -2.12. The standard InChI is InChI=1S/C16H17NO2S/c1-11(9-16(18)19)14-7-8-15(20-14)12-5-4-6-13(10-12)17(2)3/h4-10H,1-3H3,(H,18,19)/b11-9+. The third-order valence-electron chi connectivity index (χ3n) is 2.98. The molecule has 0 fully saturated rings. The maximum Gasteiger partial charge on any atom is 0.328 e. The molecule has 0 radical (unpaired) electrons. The van der Waals surface area contributed by atoms with E-state index in [1.807, 2.05) is 39.2 Å². The summed E-state index contributed by atoms with van der Waals surface area (Å²) >= 11 is 1.61. The Labute approximate surface area is 122 Å². The molecule has 1 N–H and O–H groups in total. The Balaban J connectivity index is 2.34. The number of carboxylic acid groups (broad SMARTS) is 1. The van der Waals surface area contributed by atoms with Gasteiger partial charge in [0.05, 0.1) is 0 Å². The van der Waals surface area contributed by atoms with Crippen molar-refractivity contribution >= 4 is 28.6 Å². The van der Waals surface area contributed by atoms with E-state index in [4.69, 9.17) is 5.11 Å². The maximum absolute atomic E-state index is 10.7. The van der Waals surface area contributed by atoms with Crippen LogP contribution in [0.5, 0.6) is 0 Å². The first-order chi connectivity index (χ1) is 9.47. The number of nitrogens with zero attached hydrogens (tertiary/aromatic N) is 1. The minimum absolute atomic E-state index is 0.775. The van der Waals surface area contributed by atoms with E-state index < -0.39 is 5.97 Å². The summed E-state index contributed by atoms with van der Waals surface area (Å²) in [6, 6.07) is 12.3. The fourth-order valence-electron chi connectivity index (χ4n) is 1.90. The zero-order chi connectivity index (χ0) is 14.7. The Hall–Kier alpha value is -2.07. The molecule has 104 valence electrons. The first-order valence-corrected chi connectivity index (χ1v) is 7.08. The van der Waals surface area contributed by atoms with Crippen LogP contribution in [0.3, 0.4) is 0 Å². The van der Waals surface area contributed by atoms with Gasteiger partial charge in [0.2, 0.25) is 0 Å². The summed E-state index contributed by atoms with van der Waals surface area (Å²) in [7, 11) is 4.03. The Morgan fingerprint density at radius 3 is 2.65 bits per heavy atom. The van der Waals surface area contributed by atoms with E-state index in [9.17, 15) is 4.79 Å². The quantitative estimate of drug-likeness (QED) is 0.865. The van der Waals surface area contributed by atoms with Crippen molar-refractivity contribution in [3.8, 4) is 10.4 Å². The zero-order valence-corrected chi connectivity index (χ0v) is 12.6. The van der Waals surface area contributed by atoms with E-state index in [1.54, 1.807) is 11.3 Å². The molecule has 0 atom stereocenters. The van der Waals surface area contributed by atoms with Crippen molar-refractivity contribution in [2.24, 2.45) is 0 Å². The molecule has 0 amide bonds. The molecule has 0 saturated carbocycles. The molecular formula is C16H17NO2S. The number of carbonyl (C=O) groups is 1. The van der Waals surface area contributed by atoms with Crippen molar-refractivity contribution in [1.29, 1.82) is 0 Å². The third-order valence-corrected chi connectivity index (χ3v) is 4.25. The highest BCUT2D eigenvalue weighted by atomic mass is 32.1. The van der Waals surface area contributed by atoms with Crippen LogP contribution in [0.15, 0.2) is 42.5 Å². The molecule has 0 aliphatic heterocycles. The van der Waals surface area contributed by atoms with E-state index in [-0.39, 0.29) is 0 Å². The molecule has 1 aromatic heterocycles. The van der Waals surface area contributed by atoms with Gasteiger partial charge in [-0.25, -0.2) is 4.79 Å². The van der Waals surface area contributed by atoms with Gasteiger partial charge in [-0.15, -0.1) is 11.3 Å². The lowest BCUT2D eigenvalue weighted by Crippen LogP contribution is -2.08. The van der Waals surface area contributed by atoms with Crippen LogP contribution in [0, 0.1) is 0 Å². The molecule has 4 heteroatoms. The van der Waals surface area contributed by atoms with Crippen LogP contribution in [-0.2, 0) is 4.79 Å². The van der Waals surface area contributed by atoms with Crippen LogP contribution in [0.4, 0.5) is 5.69 Å². The predicted octanol–water partition coefficient (Wildman–Crippen LogP) is 3.97. The van der Waals surface area contributed by atoms with Gasteiger partial charge >= 0.3 is 5.97 Å². The second-order valence-corrected chi connectivity index (χ2v) is 5.86. The van der Waals surface area contributed by atoms with Crippen molar-refractivity contribution in [3.63, 3.8) is 0 Å². The Bertz CT molecular complexity index is 656. The molecule has 0 aliphatic carbocycles. The molecule has 1 aromatic carbocycles. The molecule has 2 aromatic rings. The lowest BCUT2D eigenvalue weighted by molar-refractivity contribution is -0.131. The summed E-state index contributed by atoms with van der Waals surface area (Å²) in [4.78, 5) is 14.9. The fourth-order valence-corrected chi connectivity index (χ4v) is 2.87. The zero-order valence-electron chi connectivity index (χ0n) is 11.8. The van der Waals surface area contributed by atoms with Crippen LogP contribution >= 0.6 is 11.3 Å². The number of rotatable bonds is 4. The van der Waals surface area contributed by atoms with Gasteiger partial charge in [-0.2, -0.15) is 0 Å². The van der Waals surface area contributed by atoms with E-state index in [0.29, 0.717) is 0 Å². The average molecular weight is 287 g/mol. The summed E-state index contributed by atoms with van der Waals surface area (Å²) in [6.07, 6.45) is 1.24. The van der Waals surface area contributed by atoms with Gasteiger partial charge in [-0.1, -0.05) is 12.1 Å². The van der Waals surface area contributed by atoms with Crippen LogP contribution in [-0.4, -0.2) is 25.2 Å². The highest BCUT2D eigenvalue weighted by Crippen LogP contribution is 2.33. The van der Waals surface area contributed by atoms with Gasteiger partial charge in [0.1, 0.15) is 0 Å². The molecule has 1 heterocycles. The molecule has 0 spiro atoms. The van der Waals surface area contributed by atoms with Gasteiger partial charge in [0.25, 0.3) is 0 Å². The first kappa shape index (κ1) is 14.3. The van der Waals surface area contributed by atoms with Crippen molar-refractivity contribution in [2.75, 3.05) is 19.0 Å². The van der Waals surface area contributed by atoms with Crippen LogP contribution in [0.1, 0.15) is 11.8 Å². The highest BCUT2D eigenvalue weighted by molar-refractivity contribution is 7.16. The van der Waals surface area contributed by atoms with E-state index in [2.05, 4.69) is 23.1 Å². The first-order valence-electron chi connectivity index (χ1n) is 6.26. The molecule has 0 saturated heterocycles. The summed E-state index contributed by atoms with van der Waals surface area (Å²) in [5.74, 6) is -0.910. The summed E-state index contributed by atoms with van der Waals surface area (Å²) in [6.45, 7) is 1.82. The largest absolute Gasteiger partial charge is 0.478 e. The lowest BCUT2D eigenvalue weighted by atomic mass is 10.1. The van der Waals surface area contributed by atoms with Gasteiger partial charge in [0.15, 0.2) is 0 Å².